The first-order valence-corrected chi connectivity index (χ1v) is 10.2. The molecule has 0 radical (unpaired) electrons. The molecule has 0 aromatic carbocycles. The molecule has 3 heterocycles. The van der Waals surface area contributed by atoms with Crippen LogP contribution >= 0.6 is 0 Å². The van der Waals surface area contributed by atoms with Crippen LogP contribution in [0.4, 0.5) is 0 Å². The maximum Gasteiger partial charge on any atom is 0.289 e. The van der Waals surface area contributed by atoms with E-state index in [4.69, 9.17) is 4.42 Å². The Balaban J connectivity index is 1.75. The number of hydrogen-bond acceptors (Lipinski definition) is 4. The van der Waals surface area contributed by atoms with Crippen LogP contribution in [0.1, 0.15) is 28.4 Å². The van der Waals surface area contributed by atoms with E-state index in [0.717, 1.165) is 18.5 Å². The summed E-state index contributed by atoms with van der Waals surface area (Å²) in [6.45, 7) is 4.01. The lowest BCUT2D eigenvalue weighted by Crippen LogP contribution is -2.35. The first kappa shape index (κ1) is 17.8. The Morgan fingerprint density at radius 3 is 2.80 bits per heavy atom. The summed E-state index contributed by atoms with van der Waals surface area (Å²) in [4.78, 5) is 14.6. The number of rotatable bonds is 5. The lowest BCUT2D eigenvalue weighted by Gasteiger charge is -2.23. The van der Waals surface area contributed by atoms with Gasteiger partial charge in [-0.25, -0.2) is 13.1 Å². The number of furan rings is 1. The zero-order chi connectivity index (χ0) is 18.0. The van der Waals surface area contributed by atoms with Crippen LogP contribution in [0, 0.1) is 12.8 Å². The molecule has 0 saturated heterocycles. The van der Waals surface area contributed by atoms with Crippen molar-refractivity contribution in [1.29, 1.82) is 0 Å². The van der Waals surface area contributed by atoms with Gasteiger partial charge in [-0.1, -0.05) is 0 Å². The van der Waals surface area contributed by atoms with Crippen molar-refractivity contribution in [3.8, 4) is 0 Å². The standard InChI is InChI=1S/C17H23N3O4S/c1-13-5-6-16(24-13)17(21)20-11-14(7-8-18-25(2,22)23)10-19-9-3-4-15(19)12-20/h3-6,9,14,18H,7-8,10-12H2,1-2H3. The number of sulfonamides is 1. The van der Waals surface area contributed by atoms with E-state index >= 15 is 0 Å². The van der Waals surface area contributed by atoms with Gasteiger partial charge in [-0.05, 0) is 43.5 Å². The van der Waals surface area contributed by atoms with E-state index in [-0.39, 0.29) is 11.8 Å². The Morgan fingerprint density at radius 2 is 2.12 bits per heavy atom. The quantitative estimate of drug-likeness (QED) is 0.872. The fourth-order valence-electron chi connectivity index (χ4n) is 3.17. The number of amides is 1. The normalized spacial score (nSPS) is 18.0. The van der Waals surface area contributed by atoms with Crippen molar-refractivity contribution in [1.82, 2.24) is 14.2 Å². The number of nitrogens with one attached hydrogen (secondary N) is 1. The predicted molar refractivity (Wildman–Crippen MR) is 93.6 cm³/mol. The Bertz CT molecular complexity index is 853. The van der Waals surface area contributed by atoms with Gasteiger partial charge in [-0.15, -0.1) is 0 Å². The molecule has 0 bridgehead atoms. The van der Waals surface area contributed by atoms with Crippen LogP contribution in [0.25, 0.3) is 0 Å². The zero-order valence-electron chi connectivity index (χ0n) is 14.4. The molecule has 1 N–H and O–H groups in total. The second kappa shape index (κ2) is 7.05. The lowest BCUT2D eigenvalue weighted by molar-refractivity contribution is 0.0685. The van der Waals surface area contributed by atoms with Crippen molar-refractivity contribution in [3.63, 3.8) is 0 Å². The Morgan fingerprint density at radius 1 is 1.32 bits per heavy atom. The first-order chi connectivity index (χ1) is 11.8. The molecule has 8 heteroatoms. The minimum atomic E-state index is -3.21. The number of aromatic nitrogens is 1. The molecular weight excluding hydrogens is 342 g/mol. The van der Waals surface area contributed by atoms with Gasteiger partial charge in [0.15, 0.2) is 5.76 Å². The summed E-state index contributed by atoms with van der Waals surface area (Å²) in [5, 5.41) is 0. The van der Waals surface area contributed by atoms with Crippen LogP contribution < -0.4 is 4.72 Å². The van der Waals surface area contributed by atoms with Crippen molar-refractivity contribution >= 4 is 15.9 Å². The van der Waals surface area contributed by atoms with Crippen molar-refractivity contribution in [2.45, 2.75) is 26.4 Å². The molecule has 25 heavy (non-hydrogen) atoms. The lowest BCUT2D eigenvalue weighted by atomic mass is 10.1. The number of hydrogen-bond donors (Lipinski definition) is 1. The van der Waals surface area contributed by atoms with E-state index in [2.05, 4.69) is 9.29 Å². The highest BCUT2D eigenvalue weighted by Gasteiger charge is 2.27. The van der Waals surface area contributed by atoms with Crippen LogP contribution in [-0.4, -0.2) is 43.1 Å². The van der Waals surface area contributed by atoms with E-state index in [1.54, 1.807) is 17.0 Å². The van der Waals surface area contributed by atoms with E-state index in [1.165, 1.54) is 0 Å². The fraction of sp³-hybridized carbons (Fsp3) is 0.471. The molecule has 0 spiro atoms. The van der Waals surface area contributed by atoms with Gasteiger partial charge < -0.3 is 13.9 Å². The van der Waals surface area contributed by atoms with Crippen LogP contribution in [0.2, 0.25) is 0 Å². The molecule has 1 aliphatic heterocycles. The van der Waals surface area contributed by atoms with Gasteiger partial charge in [0.25, 0.3) is 5.91 Å². The Labute approximate surface area is 147 Å². The molecule has 2 aromatic heterocycles. The highest BCUT2D eigenvalue weighted by atomic mass is 32.2. The SMILES string of the molecule is Cc1ccc(C(=O)N2Cc3cccn3CC(CCNS(C)(=O)=O)C2)o1. The van der Waals surface area contributed by atoms with Gasteiger partial charge in [-0.2, -0.15) is 0 Å². The molecule has 3 rings (SSSR count). The fourth-order valence-corrected chi connectivity index (χ4v) is 3.66. The van der Waals surface area contributed by atoms with Gasteiger partial charge in [0.05, 0.1) is 12.8 Å². The summed E-state index contributed by atoms with van der Waals surface area (Å²) >= 11 is 0. The molecule has 7 nitrogen and oxygen atoms in total. The summed E-state index contributed by atoms with van der Waals surface area (Å²) in [7, 11) is -3.21. The second-order valence-corrected chi connectivity index (χ2v) is 8.40. The molecule has 1 unspecified atom stereocenters. The molecule has 1 atom stereocenters. The predicted octanol–water partition coefficient (Wildman–Crippen LogP) is 1.60. The molecule has 2 aromatic rings. The van der Waals surface area contributed by atoms with E-state index in [9.17, 15) is 13.2 Å². The molecule has 0 aliphatic carbocycles. The van der Waals surface area contributed by atoms with Crippen LogP contribution in [0.15, 0.2) is 34.9 Å². The second-order valence-electron chi connectivity index (χ2n) is 6.57. The van der Waals surface area contributed by atoms with E-state index < -0.39 is 10.0 Å². The maximum absolute atomic E-state index is 12.8. The number of nitrogens with zero attached hydrogens (tertiary/aromatic N) is 2. The summed E-state index contributed by atoms with van der Waals surface area (Å²) in [6, 6.07) is 7.44. The molecule has 0 fully saturated rings. The first-order valence-electron chi connectivity index (χ1n) is 8.26. The monoisotopic (exact) mass is 365 g/mol. The van der Waals surface area contributed by atoms with Crippen LogP contribution in [-0.2, 0) is 23.1 Å². The summed E-state index contributed by atoms with van der Waals surface area (Å²) in [5.41, 5.74) is 1.07. The summed E-state index contributed by atoms with van der Waals surface area (Å²) in [6.07, 6.45) is 3.81. The third kappa shape index (κ3) is 4.52. The molecule has 1 aliphatic rings. The zero-order valence-corrected chi connectivity index (χ0v) is 15.3. The molecule has 0 saturated carbocycles. The smallest absolute Gasteiger partial charge is 0.289 e. The average Bonchev–Trinajstić information content (AvgIpc) is 3.10. The molecule has 1 amide bonds. The Hall–Kier alpha value is -2.06. The van der Waals surface area contributed by atoms with Gasteiger partial charge in [0, 0.05) is 31.5 Å². The largest absolute Gasteiger partial charge is 0.456 e. The van der Waals surface area contributed by atoms with E-state index in [0.29, 0.717) is 37.6 Å². The number of aryl methyl sites for hydroxylation is 1. The Kier molecular flexibility index (Phi) is 5.01. The number of carbonyl (C=O) groups excluding carboxylic acids is 1. The van der Waals surface area contributed by atoms with Crippen molar-refractivity contribution in [3.05, 3.63) is 47.7 Å². The van der Waals surface area contributed by atoms with Crippen LogP contribution in [0.5, 0.6) is 0 Å². The van der Waals surface area contributed by atoms with Gasteiger partial charge in [0.2, 0.25) is 10.0 Å². The van der Waals surface area contributed by atoms with Crippen molar-refractivity contribution in [2.24, 2.45) is 5.92 Å². The van der Waals surface area contributed by atoms with Gasteiger partial charge in [0.1, 0.15) is 5.76 Å². The third-order valence-corrected chi connectivity index (χ3v) is 5.09. The van der Waals surface area contributed by atoms with E-state index in [1.807, 2.05) is 25.3 Å². The van der Waals surface area contributed by atoms with Crippen molar-refractivity contribution in [2.75, 3.05) is 19.3 Å². The summed E-state index contributed by atoms with van der Waals surface area (Å²) < 4.78 is 32.7. The number of fused-ring (bicyclic) bond motifs is 1. The minimum Gasteiger partial charge on any atom is -0.456 e. The minimum absolute atomic E-state index is 0.135. The van der Waals surface area contributed by atoms with Gasteiger partial charge >= 0.3 is 0 Å². The van der Waals surface area contributed by atoms with Crippen LogP contribution in [0.3, 0.4) is 0 Å². The maximum atomic E-state index is 12.8. The summed E-state index contributed by atoms with van der Waals surface area (Å²) in [5.74, 6) is 1.06. The molecular formula is C17H23N3O4S. The highest BCUT2D eigenvalue weighted by Crippen LogP contribution is 2.21. The third-order valence-electron chi connectivity index (χ3n) is 4.37. The molecule has 136 valence electrons. The van der Waals surface area contributed by atoms with Crippen molar-refractivity contribution < 1.29 is 17.6 Å². The topological polar surface area (TPSA) is 84.5 Å². The average molecular weight is 365 g/mol. The van der Waals surface area contributed by atoms with Gasteiger partial charge in [-0.3, -0.25) is 4.79 Å². The number of carbonyl (C=O) groups is 1. The highest BCUT2D eigenvalue weighted by molar-refractivity contribution is 7.88.